The lowest BCUT2D eigenvalue weighted by atomic mass is 9.84. The fourth-order valence-corrected chi connectivity index (χ4v) is 4.95. The van der Waals surface area contributed by atoms with Crippen LogP contribution in [0.15, 0.2) is 78.6 Å². The van der Waals surface area contributed by atoms with Gasteiger partial charge in [-0.2, -0.15) is 10.1 Å². The van der Waals surface area contributed by atoms with Crippen molar-refractivity contribution in [2.45, 2.75) is 19.1 Å². The summed E-state index contributed by atoms with van der Waals surface area (Å²) in [6.45, 7) is 2.50. The molecule has 2 atom stereocenters. The summed E-state index contributed by atoms with van der Waals surface area (Å²) in [4.78, 5) is 4.50. The van der Waals surface area contributed by atoms with Crippen molar-refractivity contribution >= 4 is 11.6 Å². The molecule has 1 N–H and O–H groups in total. The van der Waals surface area contributed by atoms with E-state index in [9.17, 15) is 0 Å². The minimum Gasteiger partial charge on any atom is -0.497 e. The first-order valence-corrected chi connectivity index (χ1v) is 11.8. The van der Waals surface area contributed by atoms with Crippen LogP contribution < -0.4 is 24.3 Å². The van der Waals surface area contributed by atoms with Gasteiger partial charge in [0.05, 0.1) is 26.5 Å². The molecule has 2 aliphatic heterocycles. The highest BCUT2D eigenvalue weighted by Crippen LogP contribution is 2.51. The highest BCUT2D eigenvalue weighted by atomic mass is 16.5. The number of rotatable bonds is 6. The first-order chi connectivity index (χ1) is 17.7. The number of para-hydroxylation sites is 1. The monoisotopic (exact) mass is 482 g/mol. The molecular weight excluding hydrogens is 456 g/mol. The van der Waals surface area contributed by atoms with E-state index in [0.717, 1.165) is 39.5 Å². The van der Waals surface area contributed by atoms with Crippen molar-refractivity contribution in [3.8, 4) is 23.0 Å². The molecule has 4 aromatic rings. The number of hydrogen-bond acceptors (Lipinski definition) is 7. The van der Waals surface area contributed by atoms with Gasteiger partial charge in [0, 0.05) is 16.7 Å². The van der Waals surface area contributed by atoms with Crippen molar-refractivity contribution in [3.63, 3.8) is 0 Å². The molecule has 0 saturated carbocycles. The van der Waals surface area contributed by atoms with Crippen LogP contribution in [0.2, 0.25) is 0 Å². The Kier molecular flexibility index (Phi) is 5.48. The van der Waals surface area contributed by atoms with Gasteiger partial charge >= 0.3 is 0 Å². The maximum Gasteiger partial charge on any atom is 0.226 e. The first kappa shape index (κ1) is 22.0. The second-order valence-electron chi connectivity index (χ2n) is 8.50. The van der Waals surface area contributed by atoms with Crippen LogP contribution >= 0.6 is 0 Å². The zero-order valence-corrected chi connectivity index (χ0v) is 20.3. The summed E-state index contributed by atoms with van der Waals surface area (Å²) in [5.41, 5.74) is 4.91. The molecule has 0 aliphatic carbocycles. The second kappa shape index (κ2) is 8.96. The SMILES string of the molecule is CCOc1ccc([C@H]2C3=C(Nc4ncnn42)c2ccccc2O[C@H]3c2cccc(OC)c2)cc1OC. The van der Waals surface area contributed by atoms with Crippen LogP contribution in [-0.2, 0) is 0 Å². The third-order valence-electron chi connectivity index (χ3n) is 6.52. The van der Waals surface area contributed by atoms with Crippen LogP contribution in [0.4, 0.5) is 5.95 Å². The van der Waals surface area contributed by atoms with Gasteiger partial charge in [-0.25, -0.2) is 4.68 Å². The molecule has 0 unspecified atom stereocenters. The topological polar surface area (TPSA) is 79.7 Å². The third-order valence-corrected chi connectivity index (χ3v) is 6.52. The molecule has 6 rings (SSSR count). The van der Waals surface area contributed by atoms with Gasteiger partial charge in [0.1, 0.15) is 30.0 Å². The molecule has 0 bridgehead atoms. The maximum atomic E-state index is 6.68. The first-order valence-electron chi connectivity index (χ1n) is 11.8. The Hall–Kier alpha value is -4.46. The molecule has 0 radical (unpaired) electrons. The van der Waals surface area contributed by atoms with E-state index in [1.807, 2.05) is 66.2 Å². The maximum absolute atomic E-state index is 6.68. The molecule has 0 amide bonds. The number of anilines is 1. The Morgan fingerprint density at radius 1 is 0.944 bits per heavy atom. The largest absolute Gasteiger partial charge is 0.497 e. The summed E-state index contributed by atoms with van der Waals surface area (Å²) in [6.07, 6.45) is 1.17. The summed E-state index contributed by atoms with van der Waals surface area (Å²) in [5, 5.41) is 8.12. The summed E-state index contributed by atoms with van der Waals surface area (Å²) in [6, 6.07) is 21.7. The van der Waals surface area contributed by atoms with E-state index in [1.54, 1.807) is 20.5 Å². The fraction of sp³-hybridized carbons (Fsp3) is 0.214. The van der Waals surface area contributed by atoms with Gasteiger partial charge in [-0.05, 0) is 48.9 Å². The molecule has 3 aromatic carbocycles. The minimum absolute atomic E-state index is 0.298. The third kappa shape index (κ3) is 3.53. The molecule has 8 nitrogen and oxygen atoms in total. The predicted molar refractivity (Wildman–Crippen MR) is 136 cm³/mol. The molecule has 182 valence electrons. The van der Waals surface area contributed by atoms with Gasteiger partial charge in [0.2, 0.25) is 5.95 Å². The van der Waals surface area contributed by atoms with E-state index in [1.165, 1.54) is 0 Å². The summed E-state index contributed by atoms with van der Waals surface area (Å²) in [7, 11) is 3.31. The van der Waals surface area contributed by atoms with Crippen LogP contribution in [0, 0.1) is 0 Å². The van der Waals surface area contributed by atoms with Crippen molar-refractivity contribution < 1.29 is 18.9 Å². The van der Waals surface area contributed by atoms with Gasteiger partial charge in [-0.15, -0.1) is 0 Å². The molecule has 3 heterocycles. The van der Waals surface area contributed by atoms with E-state index in [4.69, 9.17) is 18.9 Å². The highest BCUT2D eigenvalue weighted by molar-refractivity contribution is 5.85. The quantitative estimate of drug-likeness (QED) is 0.402. The number of methoxy groups -OCH3 is 2. The Labute approximate surface area is 209 Å². The lowest BCUT2D eigenvalue weighted by molar-refractivity contribution is 0.222. The summed E-state index contributed by atoms with van der Waals surface area (Å²) < 4.78 is 25.5. The van der Waals surface area contributed by atoms with Crippen molar-refractivity contribution in [2.24, 2.45) is 0 Å². The van der Waals surface area contributed by atoms with E-state index in [0.29, 0.717) is 24.1 Å². The van der Waals surface area contributed by atoms with Crippen LogP contribution in [-0.4, -0.2) is 35.6 Å². The lowest BCUT2D eigenvalue weighted by Crippen LogP contribution is -2.32. The zero-order valence-electron chi connectivity index (χ0n) is 20.3. The number of fused-ring (bicyclic) bond motifs is 3. The lowest BCUT2D eigenvalue weighted by Gasteiger charge is -2.39. The molecule has 36 heavy (non-hydrogen) atoms. The smallest absolute Gasteiger partial charge is 0.226 e. The normalized spacial score (nSPS) is 17.8. The number of ether oxygens (including phenoxy) is 4. The van der Waals surface area contributed by atoms with Crippen LogP contribution in [0.1, 0.15) is 35.8 Å². The van der Waals surface area contributed by atoms with E-state index in [2.05, 4.69) is 27.5 Å². The Bertz CT molecular complexity index is 1460. The number of nitrogens with one attached hydrogen (secondary N) is 1. The Morgan fingerprint density at radius 3 is 2.67 bits per heavy atom. The standard InChI is InChI=1S/C28H26N4O4/c1-4-35-22-13-12-17(15-23(22)34-3)26-24-25(31-28-29-16-30-32(26)28)20-10-5-6-11-21(20)36-27(24)18-8-7-9-19(14-18)33-2/h5-16,26-27H,4H2,1-3H3,(H,29,30,31)/t26-,27-/m0/s1. The number of hydrogen-bond donors (Lipinski definition) is 1. The number of aromatic nitrogens is 3. The van der Waals surface area contributed by atoms with Crippen LogP contribution in [0.5, 0.6) is 23.0 Å². The predicted octanol–water partition coefficient (Wildman–Crippen LogP) is 5.25. The Morgan fingerprint density at radius 2 is 1.83 bits per heavy atom. The van der Waals surface area contributed by atoms with Crippen LogP contribution in [0.3, 0.4) is 0 Å². The average molecular weight is 483 g/mol. The summed E-state index contributed by atoms with van der Waals surface area (Å²) in [5.74, 6) is 3.58. The summed E-state index contributed by atoms with van der Waals surface area (Å²) >= 11 is 0. The zero-order chi connectivity index (χ0) is 24.6. The molecule has 8 heteroatoms. The van der Waals surface area contributed by atoms with E-state index >= 15 is 0 Å². The molecule has 1 aromatic heterocycles. The van der Waals surface area contributed by atoms with Crippen molar-refractivity contribution in [1.82, 2.24) is 14.8 Å². The highest BCUT2D eigenvalue weighted by Gasteiger charge is 2.41. The van der Waals surface area contributed by atoms with Crippen LogP contribution in [0.25, 0.3) is 5.70 Å². The van der Waals surface area contributed by atoms with Gasteiger partial charge < -0.3 is 24.3 Å². The van der Waals surface area contributed by atoms with E-state index < -0.39 is 6.10 Å². The number of benzene rings is 3. The van der Waals surface area contributed by atoms with E-state index in [-0.39, 0.29) is 6.04 Å². The van der Waals surface area contributed by atoms with Gasteiger partial charge in [0.25, 0.3) is 0 Å². The fourth-order valence-electron chi connectivity index (χ4n) is 4.95. The molecule has 2 aliphatic rings. The number of nitrogens with zero attached hydrogens (tertiary/aromatic N) is 3. The molecule has 0 spiro atoms. The van der Waals surface area contributed by atoms with Gasteiger partial charge in [-0.1, -0.05) is 30.3 Å². The van der Waals surface area contributed by atoms with Crippen molar-refractivity contribution in [3.05, 3.63) is 95.3 Å². The molecule has 0 saturated heterocycles. The van der Waals surface area contributed by atoms with Gasteiger partial charge in [0.15, 0.2) is 11.5 Å². The second-order valence-corrected chi connectivity index (χ2v) is 8.50. The van der Waals surface area contributed by atoms with Gasteiger partial charge in [-0.3, -0.25) is 0 Å². The Balaban J connectivity index is 1.59. The average Bonchev–Trinajstić information content (AvgIpc) is 3.40. The minimum atomic E-state index is -0.391. The van der Waals surface area contributed by atoms with Crippen molar-refractivity contribution in [2.75, 3.05) is 26.1 Å². The van der Waals surface area contributed by atoms with Crippen molar-refractivity contribution in [1.29, 1.82) is 0 Å². The molecule has 0 fully saturated rings. The molecular formula is C28H26N4O4.